The molecular formula is C12H14F3NO. The summed E-state index contributed by atoms with van der Waals surface area (Å²) in [6, 6.07) is 3.66. The van der Waals surface area contributed by atoms with Crippen LogP contribution in [0, 0.1) is 0 Å². The van der Waals surface area contributed by atoms with Crippen LogP contribution in [0.2, 0.25) is 0 Å². The Morgan fingerprint density at radius 3 is 2.65 bits per heavy atom. The van der Waals surface area contributed by atoms with E-state index >= 15 is 0 Å². The van der Waals surface area contributed by atoms with E-state index in [1.165, 1.54) is 19.2 Å². The second-order valence-electron chi connectivity index (χ2n) is 4.14. The molecule has 94 valence electrons. The van der Waals surface area contributed by atoms with E-state index in [1.54, 1.807) is 0 Å². The van der Waals surface area contributed by atoms with Gasteiger partial charge in [0.05, 0.1) is 12.7 Å². The minimum Gasteiger partial charge on any atom is -0.496 e. The third-order valence-electron chi connectivity index (χ3n) is 3.06. The number of benzene rings is 1. The molecule has 0 amide bonds. The minimum atomic E-state index is -4.30. The normalized spacial score (nSPS) is 20.6. The van der Waals surface area contributed by atoms with Gasteiger partial charge in [0.25, 0.3) is 0 Å². The van der Waals surface area contributed by atoms with E-state index in [0.717, 1.165) is 19.0 Å². The molecule has 1 heterocycles. The summed E-state index contributed by atoms with van der Waals surface area (Å²) in [4.78, 5) is 0. The Morgan fingerprint density at radius 1 is 1.35 bits per heavy atom. The largest absolute Gasteiger partial charge is 0.496 e. The molecule has 17 heavy (non-hydrogen) atoms. The molecule has 0 spiro atoms. The molecular weight excluding hydrogens is 231 g/mol. The van der Waals surface area contributed by atoms with E-state index in [0.29, 0.717) is 17.9 Å². The predicted octanol–water partition coefficient (Wildman–Crippen LogP) is 2.79. The van der Waals surface area contributed by atoms with Crippen LogP contribution in [0.5, 0.6) is 5.75 Å². The summed E-state index contributed by atoms with van der Waals surface area (Å²) in [6.45, 7) is 1.54. The number of nitrogens with one attached hydrogen (secondary N) is 1. The SMILES string of the molecule is COc1ccc(C(F)(F)F)cc1C1CCNC1. The fourth-order valence-electron chi connectivity index (χ4n) is 2.15. The molecule has 1 atom stereocenters. The maximum absolute atomic E-state index is 12.6. The molecule has 0 radical (unpaired) electrons. The quantitative estimate of drug-likeness (QED) is 0.865. The molecule has 1 fully saturated rings. The number of hydrogen-bond donors (Lipinski definition) is 1. The van der Waals surface area contributed by atoms with Crippen LogP contribution >= 0.6 is 0 Å². The van der Waals surface area contributed by atoms with Crippen LogP contribution in [0.1, 0.15) is 23.5 Å². The Kier molecular flexibility index (Phi) is 3.28. The zero-order valence-electron chi connectivity index (χ0n) is 9.47. The van der Waals surface area contributed by atoms with Gasteiger partial charge in [0.2, 0.25) is 0 Å². The Hall–Kier alpha value is -1.23. The van der Waals surface area contributed by atoms with Gasteiger partial charge in [0, 0.05) is 12.5 Å². The summed E-state index contributed by atoms with van der Waals surface area (Å²) in [7, 11) is 1.48. The third kappa shape index (κ3) is 2.54. The maximum atomic E-state index is 12.6. The average molecular weight is 245 g/mol. The van der Waals surface area contributed by atoms with Crippen molar-refractivity contribution >= 4 is 0 Å². The molecule has 1 aromatic rings. The van der Waals surface area contributed by atoms with Crippen molar-refractivity contribution < 1.29 is 17.9 Å². The first-order chi connectivity index (χ1) is 8.02. The first-order valence-electron chi connectivity index (χ1n) is 5.48. The number of ether oxygens (including phenoxy) is 1. The Bertz CT molecular complexity index is 397. The van der Waals surface area contributed by atoms with Crippen LogP contribution in [0.4, 0.5) is 13.2 Å². The van der Waals surface area contributed by atoms with Crippen LogP contribution in [-0.2, 0) is 6.18 Å². The lowest BCUT2D eigenvalue weighted by molar-refractivity contribution is -0.137. The number of methoxy groups -OCH3 is 1. The molecule has 0 aromatic heterocycles. The lowest BCUT2D eigenvalue weighted by Crippen LogP contribution is -2.11. The van der Waals surface area contributed by atoms with Gasteiger partial charge in [0.15, 0.2) is 0 Å². The molecule has 5 heteroatoms. The van der Waals surface area contributed by atoms with Crippen LogP contribution in [-0.4, -0.2) is 20.2 Å². The Morgan fingerprint density at radius 2 is 2.12 bits per heavy atom. The highest BCUT2D eigenvalue weighted by atomic mass is 19.4. The highest BCUT2D eigenvalue weighted by molar-refractivity contribution is 5.41. The van der Waals surface area contributed by atoms with Crippen molar-refractivity contribution in [2.75, 3.05) is 20.2 Å². The monoisotopic (exact) mass is 245 g/mol. The molecule has 0 aliphatic carbocycles. The molecule has 1 unspecified atom stereocenters. The maximum Gasteiger partial charge on any atom is 0.416 e. The summed E-state index contributed by atoms with van der Waals surface area (Å²) in [5, 5.41) is 3.14. The van der Waals surface area contributed by atoms with Crippen molar-refractivity contribution in [2.24, 2.45) is 0 Å². The van der Waals surface area contributed by atoms with E-state index in [1.807, 2.05) is 0 Å². The Labute approximate surface area is 97.8 Å². The third-order valence-corrected chi connectivity index (χ3v) is 3.06. The molecule has 1 aliphatic heterocycles. The van der Waals surface area contributed by atoms with Gasteiger partial charge in [-0.1, -0.05) is 0 Å². The highest BCUT2D eigenvalue weighted by Crippen LogP contribution is 2.36. The summed E-state index contributed by atoms with van der Waals surface area (Å²) in [6.07, 6.45) is -3.45. The summed E-state index contributed by atoms with van der Waals surface area (Å²) < 4.78 is 43.0. The molecule has 1 saturated heterocycles. The number of halogens is 3. The second kappa shape index (κ2) is 4.56. The van der Waals surface area contributed by atoms with E-state index < -0.39 is 11.7 Å². The topological polar surface area (TPSA) is 21.3 Å². The molecule has 1 N–H and O–H groups in total. The first kappa shape index (κ1) is 12.2. The lowest BCUT2D eigenvalue weighted by Gasteiger charge is -2.16. The van der Waals surface area contributed by atoms with Gasteiger partial charge >= 0.3 is 6.18 Å². The van der Waals surface area contributed by atoms with Crippen LogP contribution in [0.3, 0.4) is 0 Å². The van der Waals surface area contributed by atoms with Crippen LogP contribution < -0.4 is 10.1 Å². The van der Waals surface area contributed by atoms with E-state index in [-0.39, 0.29) is 5.92 Å². The molecule has 2 nitrogen and oxygen atoms in total. The highest BCUT2D eigenvalue weighted by Gasteiger charge is 2.32. The zero-order chi connectivity index (χ0) is 12.5. The minimum absolute atomic E-state index is 0.104. The Balaban J connectivity index is 2.39. The van der Waals surface area contributed by atoms with Gasteiger partial charge in [-0.25, -0.2) is 0 Å². The fraction of sp³-hybridized carbons (Fsp3) is 0.500. The molecule has 2 rings (SSSR count). The van der Waals surface area contributed by atoms with E-state index in [9.17, 15) is 13.2 Å². The summed E-state index contributed by atoms with van der Waals surface area (Å²) >= 11 is 0. The smallest absolute Gasteiger partial charge is 0.416 e. The standard InChI is InChI=1S/C12H14F3NO/c1-17-11-3-2-9(12(13,14)15)6-10(11)8-4-5-16-7-8/h2-3,6,8,16H,4-5,7H2,1H3. The first-order valence-corrected chi connectivity index (χ1v) is 5.48. The van der Waals surface area contributed by atoms with Crippen molar-refractivity contribution in [3.63, 3.8) is 0 Å². The van der Waals surface area contributed by atoms with Gasteiger partial charge in [0.1, 0.15) is 5.75 Å². The second-order valence-corrected chi connectivity index (χ2v) is 4.14. The van der Waals surface area contributed by atoms with Crippen molar-refractivity contribution in [2.45, 2.75) is 18.5 Å². The fourth-order valence-corrected chi connectivity index (χ4v) is 2.15. The molecule has 0 bridgehead atoms. The molecule has 0 saturated carbocycles. The van der Waals surface area contributed by atoms with E-state index in [4.69, 9.17) is 4.74 Å². The predicted molar refractivity (Wildman–Crippen MR) is 58.2 cm³/mol. The number of rotatable bonds is 2. The van der Waals surface area contributed by atoms with Crippen LogP contribution in [0.15, 0.2) is 18.2 Å². The number of hydrogen-bond acceptors (Lipinski definition) is 2. The average Bonchev–Trinajstić information content (AvgIpc) is 2.80. The van der Waals surface area contributed by atoms with Crippen molar-refractivity contribution in [3.05, 3.63) is 29.3 Å². The molecule has 1 aromatic carbocycles. The van der Waals surface area contributed by atoms with Gasteiger partial charge in [-0.3, -0.25) is 0 Å². The molecule has 1 aliphatic rings. The lowest BCUT2D eigenvalue weighted by atomic mass is 9.95. The zero-order valence-corrected chi connectivity index (χ0v) is 9.47. The van der Waals surface area contributed by atoms with Crippen LogP contribution in [0.25, 0.3) is 0 Å². The van der Waals surface area contributed by atoms with Gasteiger partial charge in [-0.15, -0.1) is 0 Å². The van der Waals surface area contributed by atoms with Gasteiger partial charge in [-0.2, -0.15) is 13.2 Å². The van der Waals surface area contributed by atoms with Crippen molar-refractivity contribution in [1.29, 1.82) is 0 Å². The van der Waals surface area contributed by atoms with Gasteiger partial charge in [-0.05, 0) is 36.7 Å². The summed E-state index contributed by atoms with van der Waals surface area (Å²) in [5.74, 6) is 0.638. The summed E-state index contributed by atoms with van der Waals surface area (Å²) in [5.41, 5.74) is 0.0347. The number of alkyl halides is 3. The van der Waals surface area contributed by atoms with Crippen molar-refractivity contribution in [3.8, 4) is 5.75 Å². The van der Waals surface area contributed by atoms with Gasteiger partial charge < -0.3 is 10.1 Å². The van der Waals surface area contributed by atoms with E-state index in [2.05, 4.69) is 5.32 Å². The van der Waals surface area contributed by atoms with Crippen molar-refractivity contribution in [1.82, 2.24) is 5.32 Å².